The zero-order valence-electron chi connectivity index (χ0n) is 12.5. The number of hydrogen-bond donors (Lipinski definition) is 2. The molecule has 0 spiro atoms. The Hall–Kier alpha value is -3.05. The first-order valence-electron chi connectivity index (χ1n) is 7.35. The molecule has 0 aliphatic heterocycles. The Morgan fingerprint density at radius 1 is 1.00 bits per heavy atom. The van der Waals surface area contributed by atoms with Gasteiger partial charge in [0.2, 0.25) is 0 Å². The maximum absolute atomic E-state index is 9.51. The molecular weight excluding hydrogens is 324 g/mol. The second-order valence-electron chi connectivity index (χ2n) is 5.29. The van der Waals surface area contributed by atoms with Crippen LogP contribution in [0, 0.1) is 0 Å². The molecule has 118 valence electrons. The van der Waals surface area contributed by atoms with Crippen molar-refractivity contribution in [3.8, 4) is 17.0 Å². The molecule has 0 fully saturated rings. The van der Waals surface area contributed by atoms with Crippen molar-refractivity contribution in [2.75, 3.05) is 5.32 Å². The molecule has 4 aromatic rings. The van der Waals surface area contributed by atoms with Crippen LogP contribution in [0.2, 0.25) is 5.02 Å². The van der Waals surface area contributed by atoms with Gasteiger partial charge in [0, 0.05) is 28.7 Å². The van der Waals surface area contributed by atoms with Crippen LogP contribution in [-0.2, 0) is 0 Å². The molecule has 5 nitrogen and oxygen atoms in total. The number of aromatic hydroxyl groups is 1. The van der Waals surface area contributed by atoms with Gasteiger partial charge in [0.25, 0.3) is 0 Å². The molecule has 0 aliphatic rings. The van der Waals surface area contributed by atoms with Gasteiger partial charge >= 0.3 is 0 Å². The van der Waals surface area contributed by atoms with Gasteiger partial charge in [-0.15, -0.1) is 0 Å². The van der Waals surface area contributed by atoms with Crippen LogP contribution in [0.5, 0.6) is 5.75 Å². The minimum absolute atomic E-state index is 0.219. The van der Waals surface area contributed by atoms with Gasteiger partial charge in [0.1, 0.15) is 17.3 Å². The summed E-state index contributed by atoms with van der Waals surface area (Å²) in [6.07, 6.45) is 5.27. The fourth-order valence-corrected chi connectivity index (χ4v) is 2.64. The monoisotopic (exact) mass is 336 g/mol. The number of hydrogen-bond acceptors (Lipinski definition) is 4. The second-order valence-corrected chi connectivity index (χ2v) is 5.73. The largest absolute Gasteiger partial charge is 0.508 e. The van der Waals surface area contributed by atoms with Gasteiger partial charge in [-0.2, -0.15) is 0 Å². The van der Waals surface area contributed by atoms with Gasteiger partial charge in [-0.3, -0.25) is 9.38 Å². The van der Waals surface area contributed by atoms with Crippen LogP contribution in [0.25, 0.3) is 16.9 Å². The van der Waals surface area contributed by atoms with E-state index in [0.717, 1.165) is 28.4 Å². The smallest absolute Gasteiger partial charge is 0.157 e. The molecule has 0 saturated heterocycles. The quantitative estimate of drug-likeness (QED) is 0.578. The number of aromatic nitrogens is 3. The highest BCUT2D eigenvalue weighted by Crippen LogP contribution is 2.31. The maximum atomic E-state index is 9.51. The number of phenolic OH excluding ortho intramolecular Hbond substituents is 1. The first-order chi connectivity index (χ1) is 11.7. The number of benzene rings is 2. The third kappa shape index (κ3) is 2.66. The van der Waals surface area contributed by atoms with E-state index >= 15 is 0 Å². The highest BCUT2D eigenvalue weighted by Gasteiger charge is 2.14. The number of nitrogens with one attached hydrogen (secondary N) is 1. The van der Waals surface area contributed by atoms with Gasteiger partial charge in [0.15, 0.2) is 5.65 Å². The summed E-state index contributed by atoms with van der Waals surface area (Å²) in [6, 6.07) is 14.4. The predicted molar refractivity (Wildman–Crippen MR) is 94.8 cm³/mol. The van der Waals surface area contributed by atoms with Crippen molar-refractivity contribution in [1.82, 2.24) is 14.4 Å². The molecule has 0 bridgehead atoms. The third-order valence-corrected chi connectivity index (χ3v) is 3.93. The zero-order valence-corrected chi connectivity index (χ0v) is 13.3. The van der Waals surface area contributed by atoms with Gasteiger partial charge in [-0.25, -0.2) is 4.98 Å². The van der Waals surface area contributed by atoms with E-state index in [0.29, 0.717) is 5.02 Å². The van der Waals surface area contributed by atoms with Crippen molar-refractivity contribution in [3.63, 3.8) is 0 Å². The average Bonchev–Trinajstić information content (AvgIpc) is 2.96. The van der Waals surface area contributed by atoms with E-state index in [1.54, 1.807) is 24.5 Å². The van der Waals surface area contributed by atoms with Crippen LogP contribution in [0.3, 0.4) is 0 Å². The van der Waals surface area contributed by atoms with E-state index in [-0.39, 0.29) is 5.75 Å². The molecule has 0 aliphatic carbocycles. The van der Waals surface area contributed by atoms with Crippen LogP contribution >= 0.6 is 11.6 Å². The summed E-state index contributed by atoms with van der Waals surface area (Å²) in [7, 11) is 0. The number of halogens is 1. The fraction of sp³-hybridized carbons (Fsp3) is 0. The number of fused-ring (bicyclic) bond motifs is 1. The summed E-state index contributed by atoms with van der Waals surface area (Å²) in [5.41, 5.74) is 3.31. The topological polar surface area (TPSA) is 62.5 Å². The SMILES string of the molecule is Oc1ccc(-c2nc3cnccn3c2Nc2ccc(Cl)cc2)cc1. The highest BCUT2D eigenvalue weighted by molar-refractivity contribution is 6.30. The number of anilines is 2. The van der Waals surface area contributed by atoms with E-state index in [1.807, 2.05) is 47.0 Å². The van der Waals surface area contributed by atoms with Crippen LogP contribution in [0.1, 0.15) is 0 Å². The molecule has 0 radical (unpaired) electrons. The van der Waals surface area contributed by atoms with Crippen molar-refractivity contribution >= 4 is 28.8 Å². The fourth-order valence-electron chi connectivity index (χ4n) is 2.52. The molecule has 0 amide bonds. The van der Waals surface area contributed by atoms with Crippen LogP contribution in [0.4, 0.5) is 11.5 Å². The molecule has 2 aromatic carbocycles. The van der Waals surface area contributed by atoms with E-state index in [1.165, 1.54) is 0 Å². The number of imidazole rings is 1. The number of rotatable bonds is 3. The second kappa shape index (κ2) is 5.86. The highest BCUT2D eigenvalue weighted by atomic mass is 35.5. The van der Waals surface area contributed by atoms with E-state index in [2.05, 4.69) is 15.3 Å². The van der Waals surface area contributed by atoms with Crippen molar-refractivity contribution in [2.45, 2.75) is 0 Å². The minimum Gasteiger partial charge on any atom is -0.508 e. The van der Waals surface area contributed by atoms with Crippen LogP contribution < -0.4 is 5.32 Å². The molecule has 2 heterocycles. The third-order valence-electron chi connectivity index (χ3n) is 3.68. The Balaban J connectivity index is 1.86. The summed E-state index contributed by atoms with van der Waals surface area (Å²) in [5, 5.41) is 13.6. The summed E-state index contributed by atoms with van der Waals surface area (Å²) < 4.78 is 1.93. The molecule has 24 heavy (non-hydrogen) atoms. The maximum Gasteiger partial charge on any atom is 0.157 e. The predicted octanol–water partition coefficient (Wildman–Crippen LogP) is 4.50. The summed E-state index contributed by atoms with van der Waals surface area (Å²) >= 11 is 5.95. The van der Waals surface area contributed by atoms with Crippen molar-refractivity contribution < 1.29 is 5.11 Å². The standard InChI is InChI=1S/C18H13ClN4O/c19-13-3-5-14(6-4-13)21-18-17(12-1-7-15(24)8-2-12)22-16-11-20-9-10-23(16)18/h1-11,21,24H. The summed E-state index contributed by atoms with van der Waals surface area (Å²) in [4.78, 5) is 8.78. The number of phenols is 1. The van der Waals surface area contributed by atoms with Crippen LogP contribution in [-0.4, -0.2) is 19.5 Å². The Morgan fingerprint density at radius 2 is 1.75 bits per heavy atom. The molecule has 4 rings (SSSR count). The van der Waals surface area contributed by atoms with Gasteiger partial charge in [0.05, 0.1) is 6.20 Å². The molecule has 0 unspecified atom stereocenters. The Labute approximate surface area is 143 Å². The van der Waals surface area contributed by atoms with E-state index in [9.17, 15) is 5.11 Å². The molecular formula is C18H13ClN4O. The average molecular weight is 337 g/mol. The van der Waals surface area contributed by atoms with E-state index in [4.69, 9.17) is 11.6 Å². The van der Waals surface area contributed by atoms with Gasteiger partial charge < -0.3 is 10.4 Å². The van der Waals surface area contributed by atoms with Crippen molar-refractivity contribution in [2.24, 2.45) is 0 Å². The molecule has 6 heteroatoms. The van der Waals surface area contributed by atoms with E-state index < -0.39 is 0 Å². The van der Waals surface area contributed by atoms with Crippen molar-refractivity contribution in [3.05, 3.63) is 72.1 Å². The van der Waals surface area contributed by atoms with Gasteiger partial charge in [-0.1, -0.05) is 11.6 Å². The lowest BCUT2D eigenvalue weighted by Crippen LogP contribution is -1.97. The number of nitrogens with zero attached hydrogens (tertiary/aromatic N) is 3. The molecule has 0 atom stereocenters. The summed E-state index contributed by atoms with van der Waals surface area (Å²) in [6.45, 7) is 0. The molecule has 2 N–H and O–H groups in total. The van der Waals surface area contributed by atoms with Crippen LogP contribution in [0.15, 0.2) is 67.1 Å². The summed E-state index contributed by atoms with van der Waals surface area (Å²) in [5.74, 6) is 1.04. The lowest BCUT2D eigenvalue weighted by molar-refractivity contribution is 0.475. The Morgan fingerprint density at radius 3 is 2.50 bits per heavy atom. The lowest BCUT2D eigenvalue weighted by Gasteiger charge is -2.09. The van der Waals surface area contributed by atoms with Crippen molar-refractivity contribution in [1.29, 1.82) is 0 Å². The van der Waals surface area contributed by atoms with Gasteiger partial charge in [-0.05, 0) is 48.5 Å². The lowest BCUT2D eigenvalue weighted by atomic mass is 10.1. The first-order valence-corrected chi connectivity index (χ1v) is 7.72. The minimum atomic E-state index is 0.219. The molecule has 0 saturated carbocycles. The Bertz CT molecular complexity index is 994. The zero-order chi connectivity index (χ0) is 16.5. The first kappa shape index (κ1) is 14.5. The molecule has 2 aromatic heterocycles. The normalized spacial score (nSPS) is 10.9. The Kier molecular flexibility index (Phi) is 3.55.